The van der Waals surface area contributed by atoms with Crippen LogP contribution in [0.15, 0.2) is 0 Å². The average molecular weight is 255 g/mol. The molecule has 0 aromatic carbocycles. The molecule has 0 saturated heterocycles. The first-order valence-electron chi connectivity index (χ1n) is 5.89. The lowest BCUT2D eigenvalue weighted by atomic mass is 10.0. The Morgan fingerprint density at radius 2 is 2.24 bits per heavy atom. The second-order valence-electron chi connectivity index (χ2n) is 4.33. The van der Waals surface area contributed by atoms with Gasteiger partial charge in [0.2, 0.25) is 0 Å². The smallest absolute Gasteiger partial charge is 0.358 e. The van der Waals surface area contributed by atoms with E-state index in [4.69, 9.17) is 5.11 Å². The Morgan fingerprint density at radius 3 is 2.82 bits per heavy atom. The summed E-state index contributed by atoms with van der Waals surface area (Å²) in [6.07, 6.45) is 6.51. The maximum atomic E-state index is 11.1. The highest BCUT2D eigenvalue weighted by molar-refractivity contribution is 7.98. The Kier molecular flexibility index (Phi) is 4.04. The Morgan fingerprint density at radius 1 is 1.53 bits per heavy atom. The van der Waals surface area contributed by atoms with Crippen LogP contribution < -0.4 is 0 Å². The van der Waals surface area contributed by atoms with E-state index in [1.54, 1.807) is 16.4 Å². The normalized spacial score (nSPS) is 16.5. The molecule has 6 heteroatoms. The van der Waals surface area contributed by atoms with Gasteiger partial charge in [0.05, 0.1) is 12.2 Å². The summed E-state index contributed by atoms with van der Waals surface area (Å²) in [4.78, 5) is 11.1. The predicted molar refractivity (Wildman–Crippen MR) is 66.6 cm³/mol. The molecule has 0 unspecified atom stereocenters. The minimum Gasteiger partial charge on any atom is -0.476 e. The van der Waals surface area contributed by atoms with E-state index < -0.39 is 5.97 Å². The van der Waals surface area contributed by atoms with Crippen LogP contribution in [0.4, 0.5) is 0 Å². The van der Waals surface area contributed by atoms with Gasteiger partial charge >= 0.3 is 5.97 Å². The Labute approximate surface area is 105 Å². The molecular formula is C11H17N3O2S. The quantitative estimate of drug-likeness (QED) is 0.871. The number of aromatic nitrogens is 3. The van der Waals surface area contributed by atoms with Gasteiger partial charge in [-0.1, -0.05) is 18.1 Å². The SMILES string of the molecule is CSCCn1nnc(C(=O)O)c1C1CCCC1. The van der Waals surface area contributed by atoms with Gasteiger partial charge in [0.25, 0.3) is 0 Å². The van der Waals surface area contributed by atoms with Crippen LogP contribution in [-0.2, 0) is 6.54 Å². The lowest BCUT2D eigenvalue weighted by Crippen LogP contribution is -2.12. The molecule has 17 heavy (non-hydrogen) atoms. The fourth-order valence-corrected chi connectivity index (χ4v) is 2.77. The van der Waals surface area contributed by atoms with E-state index in [2.05, 4.69) is 10.3 Å². The third-order valence-electron chi connectivity index (χ3n) is 3.23. The van der Waals surface area contributed by atoms with Gasteiger partial charge in [-0.25, -0.2) is 9.48 Å². The second kappa shape index (κ2) is 5.53. The summed E-state index contributed by atoms with van der Waals surface area (Å²) in [6.45, 7) is 0.743. The number of aromatic carboxylic acids is 1. The standard InChI is InChI=1S/C11H17N3O2S/c1-17-7-6-14-10(8-4-2-3-5-8)9(11(15)16)12-13-14/h8H,2-7H2,1H3,(H,15,16). The molecule has 0 atom stereocenters. The van der Waals surface area contributed by atoms with Crippen molar-refractivity contribution >= 4 is 17.7 Å². The number of carboxylic acid groups (broad SMARTS) is 1. The number of carboxylic acids is 1. The highest BCUT2D eigenvalue weighted by atomic mass is 32.2. The molecule has 0 bridgehead atoms. The third kappa shape index (κ3) is 2.62. The summed E-state index contributed by atoms with van der Waals surface area (Å²) in [5, 5.41) is 17.0. The van der Waals surface area contributed by atoms with Gasteiger partial charge in [-0.15, -0.1) is 5.10 Å². The molecule has 0 radical (unpaired) electrons. The van der Waals surface area contributed by atoms with Crippen LogP contribution >= 0.6 is 11.8 Å². The van der Waals surface area contributed by atoms with E-state index >= 15 is 0 Å². The highest BCUT2D eigenvalue weighted by Gasteiger charge is 2.28. The number of hydrogen-bond donors (Lipinski definition) is 1. The average Bonchev–Trinajstić information content (AvgIpc) is 2.94. The maximum absolute atomic E-state index is 11.1. The van der Waals surface area contributed by atoms with Gasteiger partial charge in [-0.2, -0.15) is 11.8 Å². The molecule has 1 fully saturated rings. The van der Waals surface area contributed by atoms with E-state index in [0.29, 0.717) is 5.92 Å². The third-order valence-corrected chi connectivity index (χ3v) is 3.82. The number of carbonyl (C=O) groups is 1. The number of rotatable bonds is 5. The lowest BCUT2D eigenvalue weighted by molar-refractivity contribution is 0.0688. The van der Waals surface area contributed by atoms with Crippen LogP contribution in [0.25, 0.3) is 0 Å². The Hall–Kier alpha value is -1.04. The summed E-state index contributed by atoms with van der Waals surface area (Å²) in [5.41, 5.74) is 0.988. The summed E-state index contributed by atoms with van der Waals surface area (Å²) in [7, 11) is 0. The molecule has 0 amide bonds. The molecule has 1 aromatic heterocycles. The molecule has 0 aliphatic heterocycles. The van der Waals surface area contributed by atoms with Crippen molar-refractivity contribution in [2.75, 3.05) is 12.0 Å². The molecule has 1 N–H and O–H groups in total. The first-order chi connectivity index (χ1) is 8.24. The van der Waals surface area contributed by atoms with Crippen LogP contribution in [0.5, 0.6) is 0 Å². The fraction of sp³-hybridized carbons (Fsp3) is 0.727. The summed E-state index contributed by atoms with van der Waals surface area (Å²) in [6, 6.07) is 0. The number of hydrogen-bond acceptors (Lipinski definition) is 4. The first-order valence-corrected chi connectivity index (χ1v) is 7.29. The Balaban J connectivity index is 2.28. The topological polar surface area (TPSA) is 68.0 Å². The van der Waals surface area contributed by atoms with Crippen molar-refractivity contribution in [3.8, 4) is 0 Å². The van der Waals surface area contributed by atoms with Crippen molar-refractivity contribution in [2.24, 2.45) is 0 Å². The largest absolute Gasteiger partial charge is 0.476 e. The summed E-state index contributed by atoms with van der Waals surface area (Å²) < 4.78 is 1.79. The molecule has 1 aliphatic rings. The fourth-order valence-electron chi connectivity index (χ4n) is 2.42. The van der Waals surface area contributed by atoms with E-state index in [9.17, 15) is 4.79 Å². The van der Waals surface area contributed by atoms with Crippen LogP contribution in [0, 0.1) is 0 Å². The zero-order valence-corrected chi connectivity index (χ0v) is 10.7. The van der Waals surface area contributed by atoms with Gasteiger partial charge in [0.15, 0.2) is 5.69 Å². The monoisotopic (exact) mass is 255 g/mol. The maximum Gasteiger partial charge on any atom is 0.358 e. The van der Waals surface area contributed by atoms with Gasteiger partial charge in [0, 0.05) is 11.7 Å². The molecule has 0 spiro atoms. The van der Waals surface area contributed by atoms with Crippen LogP contribution in [0.3, 0.4) is 0 Å². The predicted octanol–water partition coefficient (Wildman–Crippen LogP) is 2.00. The van der Waals surface area contributed by atoms with Crippen molar-refractivity contribution in [1.82, 2.24) is 15.0 Å². The molecule has 1 heterocycles. The molecule has 1 saturated carbocycles. The van der Waals surface area contributed by atoms with Crippen LogP contribution in [0.2, 0.25) is 0 Å². The van der Waals surface area contributed by atoms with Crippen molar-refractivity contribution in [2.45, 2.75) is 38.1 Å². The zero-order valence-electron chi connectivity index (χ0n) is 9.93. The van der Waals surface area contributed by atoms with E-state index in [1.807, 2.05) is 6.26 Å². The minimum atomic E-state index is -0.956. The van der Waals surface area contributed by atoms with Gasteiger partial charge in [-0.05, 0) is 19.1 Å². The molecule has 2 rings (SSSR count). The van der Waals surface area contributed by atoms with Gasteiger partial charge in [0.1, 0.15) is 0 Å². The summed E-state index contributed by atoms with van der Waals surface area (Å²) >= 11 is 1.73. The van der Waals surface area contributed by atoms with Gasteiger partial charge in [-0.3, -0.25) is 0 Å². The van der Waals surface area contributed by atoms with Crippen LogP contribution in [-0.4, -0.2) is 38.1 Å². The number of aryl methyl sites for hydroxylation is 1. The van der Waals surface area contributed by atoms with Crippen molar-refractivity contribution < 1.29 is 9.90 Å². The van der Waals surface area contributed by atoms with E-state index in [1.165, 1.54) is 12.8 Å². The molecule has 94 valence electrons. The lowest BCUT2D eigenvalue weighted by Gasteiger charge is -2.12. The molecule has 1 aliphatic carbocycles. The highest BCUT2D eigenvalue weighted by Crippen LogP contribution is 2.35. The second-order valence-corrected chi connectivity index (χ2v) is 5.31. The molecular weight excluding hydrogens is 238 g/mol. The van der Waals surface area contributed by atoms with Crippen LogP contribution in [0.1, 0.15) is 47.8 Å². The van der Waals surface area contributed by atoms with Gasteiger partial charge < -0.3 is 5.11 Å². The van der Waals surface area contributed by atoms with E-state index in [0.717, 1.165) is 30.8 Å². The van der Waals surface area contributed by atoms with Crippen molar-refractivity contribution in [3.05, 3.63) is 11.4 Å². The first kappa shape index (κ1) is 12.4. The van der Waals surface area contributed by atoms with Crippen molar-refractivity contribution in [3.63, 3.8) is 0 Å². The molecule has 1 aromatic rings. The summed E-state index contributed by atoms with van der Waals surface area (Å²) in [5.74, 6) is 0.308. The Bertz CT molecular complexity index is 399. The zero-order chi connectivity index (χ0) is 12.3. The number of nitrogens with zero attached hydrogens (tertiary/aromatic N) is 3. The van der Waals surface area contributed by atoms with E-state index in [-0.39, 0.29) is 5.69 Å². The minimum absolute atomic E-state index is 0.151. The molecule has 5 nitrogen and oxygen atoms in total. The van der Waals surface area contributed by atoms with Crippen molar-refractivity contribution in [1.29, 1.82) is 0 Å². The number of thioether (sulfide) groups is 1.